The van der Waals surface area contributed by atoms with Gasteiger partial charge < -0.3 is 16.0 Å². The summed E-state index contributed by atoms with van der Waals surface area (Å²) in [5, 5.41) is 3.77. The topological polar surface area (TPSA) is 75.4 Å². The number of unbranched alkanes of at least 4 members (excludes halogenated alkanes) is 1. The number of carbonyl (C=O) groups is 2. The van der Waals surface area contributed by atoms with Gasteiger partial charge in [0.15, 0.2) is 0 Å². The van der Waals surface area contributed by atoms with Gasteiger partial charge in [0, 0.05) is 24.2 Å². The number of halogens is 2. The molecule has 7 heteroatoms. The first-order valence-corrected chi connectivity index (χ1v) is 9.50. The van der Waals surface area contributed by atoms with Crippen molar-refractivity contribution in [2.45, 2.75) is 51.1 Å². The van der Waals surface area contributed by atoms with Gasteiger partial charge in [-0.15, -0.1) is 0 Å². The van der Waals surface area contributed by atoms with Gasteiger partial charge in [-0.3, -0.25) is 9.59 Å². The Bertz CT molecular complexity index is 624. The minimum absolute atomic E-state index is 0.0558. The van der Waals surface area contributed by atoms with Crippen LogP contribution in [0.2, 0.25) is 10.0 Å². The second-order valence-corrected chi connectivity index (χ2v) is 7.21. The van der Waals surface area contributed by atoms with E-state index in [-0.39, 0.29) is 17.9 Å². The SMILES string of the molecule is CCCCC(CN)NC(=O)C1CCCN1C(=O)c1cc(Cl)ccc1Cl. The molecule has 1 aromatic rings. The van der Waals surface area contributed by atoms with Crippen molar-refractivity contribution in [3.63, 3.8) is 0 Å². The number of likely N-dealkylation sites (tertiary alicyclic amines) is 1. The number of hydrogen-bond acceptors (Lipinski definition) is 3. The van der Waals surface area contributed by atoms with Gasteiger partial charge in [-0.25, -0.2) is 0 Å². The molecule has 3 N–H and O–H groups in total. The van der Waals surface area contributed by atoms with Gasteiger partial charge in [-0.1, -0.05) is 43.0 Å². The van der Waals surface area contributed by atoms with Gasteiger partial charge in [0.1, 0.15) is 6.04 Å². The van der Waals surface area contributed by atoms with E-state index in [1.54, 1.807) is 23.1 Å². The molecule has 5 nitrogen and oxygen atoms in total. The van der Waals surface area contributed by atoms with Gasteiger partial charge in [-0.05, 0) is 37.5 Å². The Balaban J connectivity index is 2.09. The van der Waals surface area contributed by atoms with E-state index in [1.807, 2.05) is 0 Å². The highest BCUT2D eigenvalue weighted by Gasteiger charge is 2.35. The molecule has 0 aliphatic carbocycles. The van der Waals surface area contributed by atoms with E-state index in [0.717, 1.165) is 25.7 Å². The highest BCUT2D eigenvalue weighted by atomic mass is 35.5. The summed E-state index contributed by atoms with van der Waals surface area (Å²) in [4.78, 5) is 27.1. The van der Waals surface area contributed by atoms with Crippen LogP contribution in [0.1, 0.15) is 49.4 Å². The zero-order valence-electron chi connectivity index (χ0n) is 14.4. The van der Waals surface area contributed by atoms with Gasteiger partial charge in [-0.2, -0.15) is 0 Å². The smallest absolute Gasteiger partial charge is 0.256 e. The average molecular weight is 386 g/mol. The molecular weight excluding hydrogens is 361 g/mol. The number of hydrogen-bond donors (Lipinski definition) is 2. The van der Waals surface area contributed by atoms with Crippen LogP contribution in [0.25, 0.3) is 0 Å². The lowest BCUT2D eigenvalue weighted by Crippen LogP contribution is -2.50. The number of nitrogens with zero attached hydrogens (tertiary/aromatic N) is 1. The molecule has 2 atom stereocenters. The molecular formula is C18H25Cl2N3O2. The van der Waals surface area contributed by atoms with Crippen molar-refractivity contribution in [1.82, 2.24) is 10.2 Å². The summed E-state index contributed by atoms with van der Waals surface area (Å²) in [7, 11) is 0. The summed E-state index contributed by atoms with van der Waals surface area (Å²) >= 11 is 12.1. The Hall–Kier alpha value is -1.30. The van der Waals surface area contributed by atoms with Gasteiger partial charge in [0.05, 0.1) is 10.6 Å². The molecule has 0 spiro atoms. The van der Waals surface area contributed by atoms with Gasteiger partial charge >= 0.3 is 0 Å². The molecule has 0 saturated carbocycles. The minimum atomic E-state index is -0.488. The molecule has 0 radical (unpaired) electrons. The van der Waals surface area contributed by atoms with E-state index >= 15 is 0 Å². The summed E-state index contributed by atoms with van der Waals surface area (Å²) in [5.41, 5.74) is 6.08. The molecule has 1 aliphatic rings. The van der Waals surface area contributed by atoms with Crippen LogP contribution in [0.3, 0.4) is 0 Å². The Labute approximate surface area is 158 Å². The lowest BCUT2D eigenvalue weighted by molar-refractivity contribution is -0.125. The quantitative estimate of drug-likeness (QED) is 0.756. The fourth-order valence-corrected chi connectivity index (χ4v) is 3.47. The summed E-state index contributed by atoms with van der Waals surface area (Å²) in [6, 6.07) is 4.23. The first kappa shape index (κ1) is 20.0. The van der Waals surface area contributed by atoms with Crippen molar-refractivity contribution in [1.29, 1.82) is 0 Å². The summed E-state index contributed by atoms with van der Waals surface area (Å²) in [6.45, 7) is 3.02. The second-order valence-electron chi connectivity index (χ2n) is 6.36. The van der Waals surface area contributed by atoms with E-state index < -0.39 is 6.04 Å². The molecule has 2 unspecified atom stereocenters. The van der Waals surface area contributed by atoms with Crippen molar-refractivity contribution in [3.05, 3.63) is 33.8 Å². The van der Waals surface area contributed by atoms with E-state index in [2.05, 4.69) is 12.2 Å². The minimum Gasteiger partial charge on any atom is -0.350 e. The molecule has 2 rings (SSSR count). The number of rotatable bonds is 7. The Morgan fingerprint density at radius 1 is 1.40 bits per heavy atom. The third kappa shape index (κ3) is 5.09. The zero-order valence-corrected chi connectivity index (χ0v) is 15.9. The predicted octanol–water partition coefficient (Wildman–Crippen LogP) is 3.23. The maximum atomic E-state index is 12.8. The van der Waals surface area contributed by atoms with Crippen LogP contribution in [0.5, 0.6) is 0 Å². The summed E-state index contributed by atoms with van der Waals surface area (Å²) in [5.74, 6) is -0.404. The van der Waals surface area contributed by atoms with Crippen LogP contribution in [0, 0.1) is 0 Å². The van der Waals surface area contributed by atoms with Crippen LogP contribution >= 0.6 is 23.2 Å². The number of nitrogens with two attached hydrogens (primary N) is 1. The monoisotopic (exact) mass is 385 g/mol. The first-order chi connectivity index (χ1) is 12.0. The van der Waals surface area contributed by atoms with Crippen LogP contribution in [-0.2, 0) is 4.79 Å². The Kier molecular flexibility index (Phi) is 7.54. The maximum absolute atomic E-state index is 12.8. The van der Waals surface area contributed by atoms with Crippen molar-refractivity contribution in [2.75, 3.05) is 13.1 Å². The highest BCUT2D eigenvalue weighted by Crippen LogP contribution is 2.26. The van der Waals surface area contributed by atoms with Crippen molar-refractivity contribution in [2.24, 2.45) is 5.73 Å². The Morgan fingerprint density at radius 2 is 2.16 bits per heavy atom. The number of benzene rings is 1. The third-order valence-electron chi connectivity index (χ3n) is 4.51. The normalized spacial score (nSPS) is 18.2. The molecule has 138 valence electrons. The second kappa shape index (κ2) is 9.41. The molecule has 1 aliphatic heterocycles. The molecule has 0 bridgehead atoms. The van der Waals surface area contributed by atoms with E-state index in [4.69, 9.17) is 28.9 Å². The number of nitrogens with one attached hydrogen (secondary N) is 1. The summed E-state index contributed by atoms with van der Waals surface area (Å²) in [6.07, 6.45) is 4.33. The fourth-order valence-electron chi connectivity index (χ4n) is 3.10. The largest absolute Gasteiger partial charge is 0.350 e. The van der Waals surface area contributed by atoms with Crippen molar-refractivity contribution < 1.29 is 9.59 Å². The maximum Gasteiger partial charge on any atom is 0.256 e. The highest BCUT2D eigenvalue weighted by molar-refractivity contribution is 6.35. The van der Waals surface area contributed by atoms with Crippen LogP contribution in [0.15, 0.2) is 18.2 Å². The standard InChI is InChI=1S/C18H25Cl2N3O2/c1-2-3-5-13(11-21)22-17(24)16-6-4-9-23(16)18(25)14-10-12(19)7-8-15(14)20/h7-8,10,13,16H,2-6,9,11,21H2,1H3,(H,22,24). The van der Waals surface area contributed by atoms with Gasteiger partial charge in [0.2, 0.25) is 5.91 Å². The number of carbonyl (C=O) groups excluding carboxylic acids is 2. The lowest BCUT2D eigenvalue weighted by atomic mass is 10.1. The predicted molar refractivity (Wildman–Crippen MR) is 101 cm³/mol. The Morgan fingerprint density at radius 3 is 2.84 bits per heavy atom. The third-order valence-corrected chi connectivity index (χ3v) is 5.08. The molecule has 25 heavy (non-hydrogen) atoms. The van der Waals surface area contributed by atoms with Crippen molar-refractivity contribution in [3.8, 4) is 0 Å². The van der Waals surface area contributed by atoms with E-state index in [9.17, 15) is 9.59 Å². The molecule has 0 aromatic heterocycles. The zero-order chi connectivity index (χ0) is 18.4. The fraction of sp³-hybridized carbons (Fsp3) is 0.556. The van der Waals surface area contributed by atoms with Crippen molar-refractivity contribution >= 4 is 35.0 Å². The van der Waals surface area contributed by atoms with Gasteiger partial charge in [0.25, 0.3) is 5.91 Å². The lowest BCUT2D eigenvalue weighted by Gasteiger charge is -2.26. The van der Waals surface area contributed by atoms with Crippen LogP contribution in [0.4, 0.5) is 0 Å². The molecule has 2 amide bonds. The molecule has 1 heterocycles. The van der Waals surface area contributed by atoms with Crippen LogP contribution in [-0.4, -0.2) is 41.9 Å². The molecule has 1 fully saturated rings. The van der Waals surface area contributed by atoms with E-state index in [0.29, 0.717) is 35.1 Å². The van der Waals surface area contributed by atoms with Crippen LogP contribution < -0.4 is 11.1 Å². The first-order valence-electron chi connectivity index (χ1n) is 8.74. The van der Waals surface area contributed by atoms with E-state index in [1.165, 1.54) is 0 Å². The number of amides is 2. The molecule has 1 aromatic carbocycles. The average Bonchev–Trinajstić information content (AvgIpc) is 3.09. The summed E-state index contributed by atoms with van der Waals surface area (Å²) < 4.78 is 0. The molecule has 1 saturated heterocycles.